The van der Waals surface area contributed by atoms with E-state index in [2.05, 4.69) is 218 Å². The predicted molar refractivity (Wildman–Crippen MR) is 382 cm³/mol. The number of aromatic nitrogens is 8. The van der Waals surface area contributed by atoms with Gasteiger partial charge in [-0.25, -0.2) is 29.8 Å². The van der Waals surface area contributed by atoms with E-state index in [1.807, 2.05) is 116 Å². The fraction of sp³-hybridized carbons (Fsp3) is 0.217. The molecule has 0 saturated heterocycles. The Morgan fingerprint density at radius 1 is 0.315 bits per heavy atom. The van der Waals surface area contributed by atoms with Gasteiger partial charge in [-0.1, -0.05) is 253 Å². The van der Waals surface area contributed by atoms with Crippen molar-refractivity contribution < 1.29 is 0 Å². The average molecular weight is 1210 g/mol. The second kappa shape index (κ2) is 29.0. The Bertz CT molecular complexity index is 4140. The summed E-state index contributed by atoms with van der Waals surface area (Å²) >= 11 is 0. The van der Waals surface area contributed by atoms with Crippen LogP contribution < -0.4 is 0 Å². The summed E-state index contributed by atoms with van der Waals surface area (Å²) in [6, 6.07) is 72.3. The third-order valence-electron chi connectivity index (χ3n) is 15.7. The van der Waals surface area contributed by atoms with Gasteiger partial charge in [0.2, 0.25) is 5.69 Å². The highest BCUT2D eigenvalue weighted by atomic mass is 14.9. The Morgan fingerprint density at radius 3 is 1.09 bits per heavy atom. The molecule has 6 heterocycles. The van der Waals surface area contributed by atoms with Crippen LogP contribution in [0.3, 0.4) is 0 Å². The second-order valence-electron chi connectivity index (χ2n) is 27.0. The summed E-state index contributed by atoms with van der Waals surface area (Å²) in [4.78, 5) is 40.1. The van der Waals surface area contributed by atoms with Gasteiger partial charge in [0.1, 0.15) is 5.82 Å². The van der Waals surface area contributed by atoms with Gasteiger partial charge in [0.15, 0.2) is 5.82 Å². The molecule has 0 aliphatic heterocycles. The van der Waals surface area contributed by atoms with Crippen molar-refractivity contribution in [3.63, 3.8) is 0 Å². The molecule has 0 radical (unpaired) electrons. The SMILES string of the molecule is CC(C)(C)c1cc(-c2ccccc2)nc(-c2ccccc2)n1.CC(C)(C)c1cc(-c2ccncc2)nc(-c2ccncc2)c1.Cc1nc(-c2ccccc2)c(C)c(-c2ccc(C(C)(C)C)cc2)n1.[C-]#[N+]c1c(-c2ccccc2)cncc1-c1ccc(C(C)(C)C)cc1. The summed E-state index contributed by atoms with van der Waals surface area (Å²) in [5, 5.41) is 0. The van der Waals surface area contributed by atoms with Gasteiger partial charge in [-0.2, -0.15) is 0 Å². The van der Waals surface area contributed by atoms with Gasteiger partial charge in [-0.05, 0) is 100 Å². The third-order valence-corrected chi connectivity index (χ3v) is 15.7. The van der Waals surface area contributed by atoms with E-state index in [1.54, 1.807) is 37.2 Å². The molecule has 12 aromatic rings. The molecule has 460 valence electrons. The number of aryl methyl sites for hydroxylation is 1. The Kier molecular flexibility index (Phi) is 20.8. The lowest BCUT2D eigenvalue weighted by molar-refractivity contribution is 0.568. The van der Waals surface area contributed by atoms with E-state index in [0.717, 1.165) is 107 Å². The fourth-order valence-electron chi connectivity index (χ4n) is 10.3. The van der Waals surface area contributed by atoms with Crippen molar-refractivity contribution >= 4 is 5.69 Å². The minimum atomic E-state index is -0.0179. The van der Waals surface area contributed by atoms with Crippen LogP contribution in [0.5, 0.6) is 0 Å². The van der Waals surface area contributed by atoms with Gasteiger partial charge < -0.3 is 0 Å². The zero-order valence-electron chi connectivity index (χ0n) is 55.7. The van der Waals surface area contributed by atoms with Crippen molar-refractivity contribution in [2.45, 2.75) is 119 Å². The highest BCUT2D eigenvalue weighted by Crippen LogP contribution is 2.40. The Labute approximate surface area is 545 Å². The molecular formula is C83H83N9. The van der Waals surface area contributed by atoms with Crippen molar-refractivity contribution in [3.05, 3.63) is 295 Å². The van der Waals surface area contributed by atoms with Gasteiger partial charge in [-0.3, -0.25) is 15.0 Å². The molecule has 0 atom stereocenters. The standard InChI is InChI=1S/C22H24N2.C22H20N2.C20H20N2.C19H19N3/c1-15-20(17-9-7-6-8-10-17)23-16(2)24-21(15)18-11-13-19(14-12-18)22(3,4)5;1-22(2,3)18-12-10-17(11-13-18)20-15-24-14-19(21(20)23-4)16-8-6-5-7-9-16;1-20(2,3)18-14-17(15-10-6-4-7-11-15)21-19(22-18)16-12-8-5-9-13-16;1-19(2,3)16-12-17(14-4-8-20-9-5-14)22-18(13-16)15-6-10-21-11-7-15/h6-14H,1-5H3;5-15H,1-3H3;4-14H,1-3H3;4-13H,1-3H3. The maximum atomic E-state index is 7.66. The summed E-state index contributed by atoms with van der Waals surface area (Å²) in [6.07, 6.45) is 10.8. The second-order valence-corrected chi connectivity index (χ2v) is 27.0. The van der Waals surface area contributed by atoms with Crippen LogP contribution in [-0.4, -0.2) is 39.9 Å². The highest BCUT2D eigenvalue weighted by Gasteiger charge is 2.22. The van der Waals surface area contributed by atoms with E-state index < -0.39 is 0 Å². The Hall–Kier alpha value is -10.4. The monoisotopic (exact) mass is 1210 g/mol. The molecule has 9 heteroatoms. The highest BCUT2D eigenvalue weighted by molar-refractivity contribution is 5.90. The summed E-state index contributed by atoms with van der Waals surface area (Å²) < 4.78 is 0. The van der Waals surface area contributed by atoms with Crippen LogP contribution in [0.15, 0.2) is 250 Å². The molecule has 0 amide bonds. The number of pyridine rings is 4. The molecule has 0 fully saturated rings. The molecule has 92 heavy (non-hydrogen) atoms. The minimum Gasteiger partial charge on any atom is -0.266 e. The molecule has 0 spiro atoms. The molecule has 0 aliphatic carbocycles. The Morgan fingerprint density at radius 2 is 0.674 bits per heavy atom. The van der Waals surface area contributed by atoms with Crippen molar-refractivity contribution in [2.24, 2.45) is 0 Å². The van der Waals surface area contributed by atoms with E-state index in [9.17, 15) is 0 Å². The maximum Gasteiger partial charge on any atom is 0.205 e. The number of hydrogen-bond acceptors (Lipinski definition) is 8. The minimum absolute atomic E-state index is 0.0179. The number of hydrogen-bond donors (Lipinski definition) is 0. The van der Waals surface area contributed by atoms with Crippen LogP contribution in [0.25, 0.3) is 94.8 Å². The predicted octanol–water partition coefficient (Wildman–Crippen LogP) is 21.6. The first-order chi connectivity index (χ1) is 43.9. The lowest BCUT2D eigenvalue weighted by atomic mass is 9.86. The maximum absolute atomic E-state index is 7.66. The van der Waals surface area contributed by atoms with Crippen LogP contribution in [0, 0.1) is 20.4 Å². The lowest BCUT2D eigenvalue weighted by Crippen LogP contribution is -2.15. The van der Waals surface area contributed by atoms with Crippen LogP contribution in [0.2, 0.25) is 0 Å². The third kappa shape index (κ3) is 17.1. The zero-order valence-corrected chi connectivity index (χ0v) is 55.7. The Balaban J connectivity index is 0.000000145. The zero-order chi connectivity index (χ0) is 65.6. The molecule has 0 aliphatic rings. The smallest absolute Gasteiger partial charge is 0.205 e. The van der Waals surface area contributed by atoms with Gasteiger partial charge in [0.25, 0.3) is 0 Å². The molecule has 9 nitrogen and oxygen atoms in total. The van der Waals surface area contributed by atoms with Crippen LogP contribution in [0.1, 0.15) is 117 Å². The number of rotatable bonds is 8. The molecule has 12 rings (SSSR count). The molecule has 0 saturated carbocycles. The van der Waals surface area contributed by atoms with Crippen molar-refractivity contribution in [1.82, 2.24) is 39.9 Å². The summed E-state index contributed by atoms with van der Waals surface area (Å²) in [5.41, 5.74) is 22.4. The molecular weight excluding hydrogens is 1120 g/mol. The van der Waals surface area contributed by atoms with E-state index in [1.165, 1.54) is 16.7 Å². The normalized spacial score (nSPS) is 11.4. The van der Waals surface area contributed by atoms with E-state index in [0.29, 0.717) is 5.69 Å². The van der Waals surface area contributed by atoms with Crippen LogP contribution in [0.4, 0.5) is 5.69 Å². The molecule has 6 aromatic heterocycles. The summed E-state index contributed by atoms with van der Waals surface area (Å²) in [5.74, 6) is 1.58. The molecule has 0 unspecified atom stereocenters. The molecule has 0 bridgehead atoms. The van der Waals surface area contributed by atoms with Gasteiger partial charge in [-0.15, -0.1) is 0 Å². The first-order valence-corrected chi connectivity index (χ1v) is 31.3. The van der Waals surface area contributed by atoms with Gasteiger partial charge >= 0.3 is 0 Å². The van der Waals surface area contributed by atoms with Crippen molar-refractivity contribution in [1.29, 1.82) is 0 Å². The van der Waals surface area contributed by atoms with E-state index in [-0.39, 0.29) is 21.7 Å². The fourth-order valence-corrected chi connectivity index (χ4v) is 10.3. The lowest BCUT2D eigenvalue weighted by Gasteiger charge is -2.21. The average Bonchev–Trinajstić information content (AvgIpc) is 0.965. The van der Waals surface area contributed by atoms with Crippen LogP contribution >= 0.6 is 0 Å². The molecule has 6 aromatic carbocycles. The van der Waals surface area contributed by atoms with Crippen LogP contribution in [-0.2, 0) is 21.7 Å². The van der Waals surface area contributed by atoms with E-state index in [4.69, 9.17) is 26.5 Å². The summed E-state index contributed by atoms with van der Waals surface area (Å²) in [6.45, 7) is 38.2. The van der Waals surface area contributed by atoms with Crippen molar-refractivity contribution in [2.75, 3.05) is 0 Å². The number of nitrogens with zero attached hydrogens (tertiary/aromatic N) is 9. The first kappa shape index (κ1) is 66.0. The summed E-state index contributed by atoms with van der Waals surface area (Å²) in [7, 11) is 0. The van der Waals surface area contributed by atoms with Gasteiger partial charge in [0, 0.05) is 92.7 Å². The first-order valence-electron chi connectivity index (χ1n) is 31.3. The topological polar surface area (TPSA) is 107 Å². The van der Waals surface area contributed by atoms with E-state index >= 15 is 0 Å². The van der Waals surface area contributed by atoms with Crippen molar-refractivity contribution in [3.8, 4) is 89.9 Å². The quantitative estimate of drug-likeness (QED) is 0.139. The largest absolute Gasteiger partial charge is 0.266 e. The number of benzene rings is 6. The van der Waals surface area contributed by atoms with Gasteiger partial charge in [0.05, 0.1) is 40.7 Å². The molecule has 0 N–H and O–H groups in total.